The van der Waals surface area contributed by atoms with Crippen LogP contribution in [0.2, 0.25) is 19.6 Å². The lowest BCUT2D eigenvalue weighted by molar-refractivity contribution is 1.58. The van der Waals surface area contributed by atoms with Crippen molar-refractivity contribution in [3.63, 3.8) is 0 Å². The van der Waals surface area contributed by atoms with E-state index in [1.54, 1.807) is 0 Å². The third kappa shape index (κ3) is 316. The maximum atomic E-state index is 6.50. The highest BCUT2D eigenvalue weighted by Crippen LogP contribution is 1.68. The van der Waals surface area contributed by atoms with Crippen LogP contribution in [0.25, 0.3) is 0 Å². The number of hydrogen-bond acceptors (Lipinski definition) is 1. The third-order valence-electron chi connectivity index (χ3n) is 0. The van der Waals surface area contributed by atoms with Crippen LogP contribution < -0.4 is 0 Å². The average Bonchev–Trinajstić information content (AvgIpc) is 1.41. The minimum atomic E-state index is -0.139. The smallest absolute Gasteiger partial charge is 0.0462 e. The van der Waals surface area contributed by atoms with Gasteiger partial charge in [-0.25, -0.2) is 5.26 Å². The summed E-state index contributed by atoms with van der Waals surface area (Å²) in [4.78, 5) is 0. The molecule has 0 heterocycles. The van der Waals surface area contributed by atoms with Crippen LogP contribution >= 0.6 is 0 Å². The Kier molecular flexibility index (Phi) is 13.5. The Bertz CT molecular complexity index is 29.0. The van der Waals surface area contributed by atoms with E-state index in [2.05, 4.69) is 26.2 Å². The molecular formula is C4H11NSi. The van der Waals surface area contributed by atoms with Crippen molar-refractivity contribution in [2.45, 2.75) is 19.6 Å². The van der Waals surface area contributed by atoms with E-state index < -0.39 is 0 Å². The van der Waals surface area contributed by atoms with Gasteiger partial charge in [0.15, 0.2) is 0 Å². The van der Waals surface area contributed by atoms with Crippen LogP contribution in [0.4, 0.5) is 0 Å². The molecule has 0 saturated heterocycles. The number of hydrogen-bond donors (Lipinski definition) is 0. The molecule has 0 aromatic rings. The first kappa shape index (κ1) is 9.20. The molecule has 0 rings (SSSR count). The van der Waals surface area contributed by atoms with E-state index in [-0.39, 0.29) is 8.80 Å². The van der Waals surface area contributed by atoms with E-state index in [1.807, 2.05) is 0 Å². The second-order valence-corrected chi connectivity index (χ2v) is 5.20. The molecule has 0 aliphatic heterocycles. The maximum absolute atomic E-state index is 6.50. The third-order valence-corrected chi connectivity index (χ3v) is 0. The van der Waals surface area contributed by atoms with Crippen molar-refractivity contribution in [2.75, 3.05) is 0 Å². The van der Waals surface area contributed by atoms with E-state index in [0.29, 0.717) is 0 Å². The van der Waals surface area contributed by atoms with E-state index in [0.717, 1.165) is 0 Å². The highest BCUT2D eigenvalue weighted by Gasteiger charge is 1.71. The Labute approximate surface area is 41.2 Å². The second kappa shape index (κ2) is 8.83. The molecule has 0 aromatic heterocycles. The SMILES string of the molecule is C#N.C[SiH](C)C. The lowest BCUT2D eigenvalue weighted by Crippen LogP contribution is -1.84. The monoisotopic (exact) mass is 101 g/mol. The molecule has 0 unspecified atom stereocenters. The van der Waals surface area contributed by atoms with Crippen molar-refractivity contribution < 1.29 is 0 Å². The molecule has 1 nitrogen and oxygen atoms in total. The second-order valence-electron chi connectivity index (χ2n) is 1.73. The summed E-state index contributed by atoms with van der Waals surface area (Å²) in [6.07, 6.45) is 0. The first-order chi connectivity index (χ1) is 2.73. The molecule has 0 saturated carbocycles. The predicted molar refractivity (Wildman–Crippen MR) is 31.4 cm³/mol. The standard InChI is InChI=1S/C3H10Si.CHN/c1-4(2)3;1-2/h4H,1-3H3;1H. The number of nitrogens with zero attached hydrogens (tertiary/aromatic N) is 1. The van der Waals surface area contributed by atoms with Crippen molar-refractivity contribution in [2.24, 2.45) is 0 Å². The molecule has 0 N–H and O–H groups in total. The van der Waals surface area contributed by atoms with Crippen molar-refractivity contribution in [3.05, 3.63) is 0 Å². The fraction of sp³-hybridized carbons (Fsp3) is 0.750. The Balaban J connectivity index is 0. The predicted octanol–water partition coefficient (Wildman–Crippen LogP) is 1.24. The molecule has 0 bridgehead atoms. The molecule has 0 spiro atoms. The molecule has 0 radical (unpaired) electrons. The molecule has 0 amide bonds. The zero-order chi connectivity index (χ0) is 5.58. The summed E-state index contributed by atoms with van der Waals surface area (Å²) in [5.41, 5.74) is 0. The van der Waals surface area contributed by atoms with Crippen LogP contribution in [0.3, 0.4) is 0 Å². The normalized spacial score (nSPS) is 6.33. The van der Waals surface area contributed by atoms with E-state index in [1.165, 1.54) is 0 Å². The molecule has 6 heavy (non-hydrogen) atoms. The number of nitriles is 1. The maximum Gasteiger partial charge on any atom is 0.0462 e. The first-order valence-electron chi connectivity index (χ1n) is 1.99. The fourth-order valence-corrected chi connectivity index (χ4v) is 0. The van der Waals surface area contributed by atoms with Gasteiger partial charge < -0.3 is 0 Å². The van der Waals surface area contributed by atoms with Crippen molar-refractivity contribution >= 4 is 8.80 Å². The van der Waals surface area contributed by atoms with E-state index in [4.69, 9.17) is 5.26 Å². The zero-order valence-corrected chi connectivity index (χ0v) is 5.76. The zero-order valence-electron chi connectivity index (χ0n) is 4.60. The van der Waals surface area contributed by atoms with Crippen LogP contribution in [0.15, 0.2) is 0 Å². The van der Waals surface area contributed by atoms with Gasteiger partial charge >= 0.3 is 0 Å². The highest BCUT2D eigenvalue weighted by atomic mass is 28.3. The molecular weight excluding hydrogens is 90.1 g/mol. The summed E-state index contributed by atoms with van der Waals surface area (Å²) in [6, 6.07) is 0. The first-order valence-corrected chi connectivity index (χ1v) is 5.45. The molecule has 0 atom stereocenters. The topological polar surface area (TPSA) is 23.8 Å². The minimum Gasteiger partial charge on any atom is -0.202 e. The van der Waals surface area contributed by atoms with Crippen molar-refractivity contribution in [3.8, 4) is 6.57 Å². The minimum absolute atomic E-state index is 0.139. The largest absolute Gasteiger partial charge is 0.202 e. The van der Waals surface area contributed by atoms with Crippen LogP contribution in [0.5, 0.6) is 0 Å². The Hall–Kier alpha value is -0.293. The molecule has 0 aliphatic carbocycles. The molecule has 36 valence electrons. The molecule has 0 fully saturated rings. The van der Waals surface area contributed by atoms with Gasteiger partial charge in [-0.1, -0.05) is 19.6 Å². The molecule has 2 heteroatoms. The molecule has 0 aromatic carbocycles. The quantitative estimate of drug-likeness (QED) is 0.421. The van der Waals surface area contributed by atoms with Gasteiger partial charge in [-0.05, 0) is 0 Å². The summed E-state index contributed by atoms with van der Waals surface area (Å²) in [5.74, 6) is 0. The van der Waals surface area contributed by atoms with Gasteiger partial charge in [-0.15, -0.1) is 0 Å². The Morgan fingerprint density at radius 1 is 1.17 bits per heavy atom. The van der Waals surface area contributed by atoms with Gasteiger partial charge in [0.1, 0.15) is 0 Å². The van der Waals surface area contributed by atoms with Crippen LogP contribution in [0.1, 0.15) is 0 Å². The van der Waals surface area contributed by atoms with Gasteiger partial charge in [0.2, 0.25) is 0 Å². The summed E-state index contributed by atoms with van der Waals surface area (Å²) in [7, 11) is -0.139. The van der Waals surface area contributed by atoms with Crippen molar-refractivity contribution in [1.29, 1.82) is 5.26 Å². The highest BCUT2D eigenvalue weighted by molar-refractivity contribution is 6.54. The van der Waals surface area contributed by atoms with Crippen LogP contribution in [0, 0.1) is 11.8 Å². The van der Waals surface area contributed by atoms with Gasteiger partial charge in [0.25, 0.3) is 0 Å². The Morgan fingerprint density at radius 2 is 1.17 bits per heavy atom. The summed E-state index contributed by atoms with van der Waals surface area (Å²) < 4.78 is 0. The van der Waals surface area contributed by atoms with Crippen molar-refractivity contribution in [1.82, 2.24) is 0 Å². The van der Waals surface area contributed by atoms with E-state index in [9.17, 15) is 0 Å². The Morgan fingerprint density at radius 3 is 1.17 bits per heavy atom. The van der Waals surface area contributed by atoms with Gasteiger partial charge in [0.05, 0.1) is 0 Å². The van der Waals surface area contributed by atoms with Crippen LogP contribution in [-0.2, 0) is 0 Å². The summed E-state index contributed by atoms with van der Waals surface area (Å²) >= 11 is 0. The fourth-order valence-electron chi connectivity index (χ4n) is 0. The van der Waals surface area contributed by atoms with Crippen LogP contribution in [-0.4, -0.2) is 8.80 Å². The summed E-state index contributed by atoms with van der Waals surface area (Å²) in [5, 5.41) is 6.50. The lowest BCUT2D eigenvalue weighted by Gasteiger charge is -1.75. The van der Waals surface area contributed by atoms with Gasteiger partial charge in [-0.3, -0.25) is 0 Å². The van der Waals surface area contributed by atoms with Gasteiger partial charge in [-0.2, -0.15) is 0 Å². The van der Waals surface area contributed by atoms with E-state index >= 15 is 0 Å². The molecule has 0 aliphatic rings. The number of rotatable bonds is 0. The average molecular weight is 101 g/mol. The lowest BCUT2D eigenvalue weighted by atomic mass is 11.8. The summed E-state index contributed by atoms with van der Waals surface area (Å²) in [6.45, 7) is 10.4. The van der Waals surface area contributed by atoms with Gasteiger partial charge in [0, 0.05) is 15.4 Å².